The Morgan fingerprint density at radius 3 is 2.84 bits per heavy atom. The number of nitrogens with zero attached hydrogens (tertiary/aromatic N) is 2. The van der Waals surface area contributed by atoms with Gasteiger partial charge in [0.1, 0.15) is 17.3 Å². The summed E-state index contributed by atoms with van der Waals surface area (Å²) in [7, 11) is 0. The van der Waals surface area contributed by atoms with Crippen molar-refractivity contribution in [3.8, 4) is 11.3 Å². The number of hydrogen-bond acceptors (Lipinski definition) is 5. The molecule has 0 unspecified atom stereocenters. The highest BCUT2D eigenvalue weighted by Gasteiger charge is 2.33. The van der Waals surface area contributed by atoms with Crippen molar-refractivity contribution in [1.82, 2.24) is 15.4 Å². The molecule has 162 valence electrons. The van der Waals surface area contributed by atoms with Crippen LogP contribution in [0.5, 0.6) is 0 Å². The number of nitrogens with one attached hydrogen (secondary N) is 1. The minimum absolute atomic E-state index is 0.0467. The predicted octanol–water partition coefficient (Wildman–Crippen LogP) is 5.37. The zero-order chi connectivity index (χ0) is 21.5. The van der Waals surface area contributed by atoms with Gasteiger partial charge in [-0.3, -0.25) is 9.69 Å². The standard InChI is InChI=1S/C23H23Cl2N3O3/c1-13-10-28(11-16-5-7-21(30-16)17-8-15(24)4-6-18(17)25)12-20(13)26-23(29)19-9-22(31-27-19)14-2-3-14/h4-9,13-14,20H,2-3,10-12H2,1H3,(H,26,29)/t13-,20+/m1/s1. The van der Waals surface area contributed by atoms with Crippen molar-refractivity contribution >= 4 is 29.1 Å². The first-order valence-corrected chi connectivity index (χ1v) is 11.3. The third kappa shape index (κ3) is 4.52. The maximum atomic E-state index is 12.6. The van der Waals surface area contributed by atoms with Gasteiger partial charge in [-0.15, -0.1) is 0 Å². The molecule has 31 heavy (non-hydrogen) atoms. The third-order valence-electron chi connectivity index (χ3n) is 5.98. The van der Waals surface area contributed by atoms with Crippen LogP contribution in [-0.4, -0.2) is 35.1 Å². The van der Waals surface area contributed by atoms with Crippen molar-refractivity contribution < 1.29 is 13.7 Å². The topological polar surface area (TPSA) is 71.5 Å². The van der Waals surface area contributed by atoms with E-state index >= 15 is 0 Å². The lowest BCUT2D eigenvalue weighted by Gasteiger charge is -2.16. The van der Waals surface area contributed by atoms with E-state index < -0.39 is 0 Å². The smallest absolute Gasteiger partial charge is 0.273 e. The van der Waals surface area contributed by atoms with Gasteiger partial charge < -0.3 is 14.3 Å². The Kier molecular flexibility index (Phi) is 5.54. The van der Waals surface area contributed by atoms with Gasteiger partial charge in [-0.1, -0.05) is 35.3 Å². The molecule has 2 aliphatic rings. The summed E-state index contributed by atoms with van der Waals surface area (Å²) < 4.78 is 11.3. The molecule has 2 fully saturated rings. The fraction of sp³-hybridized carbons (Fsp3) is 0.391. The molecular formula is C23H23Cl2N3O3. The van der Waals surface area contributed by atoms with Gasteiger partial charge in [0.2, 0.25) is 0 Å². The summed E-state index contributed by atoms with van der Waals surface area (Å²) in [6, 6.07) is 11.0. The van der Waals surface area contributed by atoms with E-state index in [0.717, 1.165) is 43.0 Å². The van der Waals surface area contributed by atoms with Crippen LogP contribution < -0.4 is 5.32 Å². The molecule has 5 rings (SSSR count). The molecule has 2 atom stereocenters. The average molecular weight is 460 g/mol. The Labute approximate surface area is 190 Å². The van der Waals surface area contributed by atoms with E-state index in [1.807, 2.05) is 12.1 Å². The normalized spacial score (nSPS) is 21.5. The quantitative estimate of drug-likeness (QED) is 0.536. The number of carbonyl (C=O) groups is 1. The van der Waals surface area contributed by atoms with Gasteiger partial charge in [0, 0.05) is 41.7 Å². The Morgan fingerprint density at radius 1 is 1.19 bits per heavy atom. The molecule has 3 aromatic rings. The molecule has 1 aromatic carbocycles. The van der Waals surface area contributed by atoms with E-state index in [0.29, 0.717) is 39.9 Å². The number of aromatic nitrogens is 1. The number of likely N-dealkylation sites (tertiary alicyclic amines) is 1. The van der Waals surface area contributed by atoms with Crippen LogP contribution in [0, 0.1) is 5.92 Å². The fourth-order valence-corrected chi connectivity index (χ4v) is 4.48. The largest absolute Gasteiger partial charge is 0.460 e. The monoisotopic (exact) mass is 459 g/mol. The van der Waals surface area contributed by atoms with Gasteiger partial charge in [-0.25, -0.2) is 0 Å². The second-order valence-corrected chi connectivity index (χ2v) is 9.37. The number of halogens is 2. The van der Waals surface area contributed by atoms with Crippen LogP contribution in [0.3, 0.4) is 0 Å². The fourth-order valence-electron chi connectivity index (χ4n) is 4.10. The molecule has 1 aliphatic carbocycles. The molecule has 1 saturated carbocycles. The highest BCUT2D eigenvalue weighted by atomic mass is 35.5. The second kappa shape index (κ2) is 8.34. The van der Waals surface area contributed by atoms with Crippen molar-refractivity contribution in [3.63, 3.8) is 0 Å². The van der Waals surface area contributed by atoms with Crippen molar-refractivity contribution in [2.45, 2.75) is 38.3 Å². The first kappa shape index (κ1) is 20.6. The zero-order valence-electron chi connectivity index (χ0n) is 17.1. The minimum atomic E-state index is -0.176. The first-order valence-electron chi connectivity index (χ1n) is 10.5. The molecule has 1 aliphatic heterocycles. The van der Waals surface area contributed by atoms with E-state index in [9.17, 15) is 4.79 Å². The highest BCUT2D eigenvalue weighted by Crippen LogP contribution is 2.40. The number of hydrogen-bond donors (Lipinski definition) is 1. The van der Waals surface area contributed by atoms with Gasteiger partial charge in [-0.2, -0.15) is 0 Å². The Morgan fingerprint density at radius 2 is 2.03 bits per heavy atom. The molecule has 0 bridgehead atoms. The average Bonchev–Trinajstić information content (AvgIpc) is 3.13. The predicted molar refractivity (Wildman–Crippen MR) is 118 cm³/mol. The summed E-state index contributed by atoms with van der Waals surface area (Å²) in [5.74, 6) is 2.93. The zero-order valence-corrected chi connectivity index (χ0v) is 18.6. The van der Waals surface area contributed by atoms with Crippen molar-refractivity contribution in [2.24, 2.45) is 5.92 Å². The van der Waals surface area contributed by atoms with E-state index in [2.05, 4.69) is 22.3 Å². The first-order chi connectivity index (χ1) is 15.0. The third-order valence-corrected chi connectivity index (χ3v) is 6.54. The number of benzene rings is 1. The van der Waals surface area contributed by atoms with Gasteiger partial charge in [0.25, 0.3) is 5.91 Å². The second-order valence-electron chi connectivity index (χ2n) is 8.53. The Balaban J connectivity index is 1.20. The Bertz CT molecular complexity index is 1110. The molecule has 8 heteroatoms. The van der Waals surface area contributed by atoms with Crippen LogP contribution in [0.2, 0.25) is 10.0 Å². The van der Waals surface area contributed by atoms with Gasteiger partial charge in [0.15, 0.2) is 5.69 Å². The molecule has 0 spiro atoms. The van der Waals surface area contributed by atoms with E-state index in [-0.39, 0.29) is 11.9 Å². The maximum Gasteiger partial charge on any atom is 0.273 e. The number of carbonyl (C=O) groups excluding carboxylic acids is 1. The number of rotatable bonds is 6. The van der Waals surface area contributed by atoms with Crippen molar-refractivity contribution in [1.29, 1.82) is 0 Å². The highest BCUT2D eigenvalue weighted by molar-refractivity contribution is 6.35. The molecule has 1 amide bonds. The summed E-state index contributed by atoms with van der Waals surface area (Å²) in [4.78, 5) is 14.9. The van der Waals surface area contributed by atoms with Crippen LogP contribution in [0.15, 0.2) is 45.3 Å². The molecule has 1 N–H and O–H groups in total. The summed E-state index contributed by atoms with van der Waals surface area (Å²) in [6.45, 7) is 4.41. The number of amides is 1. The summed E-state index contributed by atoms with van der Waals surface area (Å²) in [5, 5.41) is 8.26. The van der Waals surface area contributed by atoms with Crippen LogP contribution in [-0.2, 0) is 6.54 Å². The molecule has 6 nitrogen and oxygen atoms in total. The SMILES string of the molecule is C[C@@H]1CN(Cc2ccc(-c3cc(Cl)ccc3Cl)o2)C[C@@H]1NC(=O)c1cc(C2CC2)on1. The van der Waals surface area contributed by atoms with E-state index in [4.69, 9.17) is 32.1 Å². The lowest BCUT2D eigenvalue weighted by Crippen LogP contribution is -2.39. The van der Waals surface area contributed by atoms with Gasteiger partial charge in [0.05, 0.1) is 11.6 Å². The molecular weight excluding hydrogens is 437 g/mol. The van der Waals surface area contributed by atoms with E-state index in [1.165, 1.54) is 0 Å². The Hall–Kier alpha value is -2.28. The summed E-state index contributed by atoms with van der Waals surface area (Å²) in [5.41, 5.74) is 1.14. The van der Waals surface area contributed by atoms with Gasteiger partial charge >= 0.3 is 0 Å². The minimum Gasteiger partial charge on any atom is -0.460 e. The molecule has 3 heterocycles. The lowest BCUT2D eigenvalue weighted by atomic mass is 10.1. The van der Waals surface area contributed by atoms with Crippen LogP contribution in [0.1, 0.15) is 47.7 Å². The maximum absolute atomic E-state index is 12.6. The van der Waals surface area contributed by atoms with Crippen LogP contribution >= 0.6 is 23.2 Å². The van der Waals surface area contributed by atoms with Gasteiger partial charge in [-0.05, 0) is 49.1 Å². The lowest BCUT2D eigenvalue weighted by molar-refractivity contribution is 0.0922. The summed E-state index contributed by atoms with van der Waals surface area (Å²) in [6.07, 6.45) is 2.23. The van der Waals surface area contributed by atoms with E-state index in [1.54, 1.807) is 24.3 Å². The molecule has 1 saturated heterocycles. The van der Waals surface area contributed by atoms with Crippen LogP contribution in [0.4, 0.5) is 0 Å². The number of furan rings is 1. The summed E-state index contributed by atoms with van der Waals surface area (Å²) >= 11 is 12.4. The van der Waals surface area contributed by atoms with Crippen molar-refractivity contribution in [3.05, 3.63) is 63.7 Å². The molecule has 0 radical (unpaired) electrons. The van der Waals surface area contributed by atoms with Crippen LogP contribution in [0.25, 0.3) is 11.3 Å². The molecule has 2 aromatic heterocycles. The van der Waals surface area contributed by atoms with Crippen molar-refractivity contribution in [2.75, 3.05) is 13.1 Å².